The minimum Gasteiger partial charge on any atom is -0.316 e. The highest BCUT2D eigenvalue weighted by Gasteiger charge is 1.96. The highest BCUT2D eigenvalue weighted by atomic mass is 14.8. The van der Waals surface area contributed by atoms with Crippen molar-refractivity contribution in [1.82, 2.24) is 0 Å². The van der Waals surface area contributed by atoms with E-state index in [-0.39, 0.29) is 6.17 Å². The van der Waals surface area contributed by atoms with Gasteiger partial charge >= 0.3 is 0 Å². The third-order valence-corrected chi connectivity index (χ3v) is 5.19. The summed E-state index contributed by atoms with van der Waals surface area (Å²) in [5.41, 5.74) is 14.3. The Hall–Kier alpha value is -0.600. The first-order valence-corrected chi connectivity index (χ1v) is 11.4. The molecule has 0 bridgehead atoms. The summed E-state index contributed by atoms with van der Waals surface area (Å²) >= 11 is 0. The van der Waals surface area contributed by atoms with Crippen molar-refractivity contribution >= 4 is 0 Å². The van der Waals surface area contributed by atoms with E-state index < -0.39 is 0 Å². The van der Waals surface area contributed by atoms with Crippen LogP contribution in [0.25, 0.3) is 0 Å². The molecule has 0 aromatic heterocycles. The summed E-state index contributed by atoms with van der Waals surface area (Å²) in [6.07, 6.45) is 25.5. The third-order valence-electron chi connectivity index (χ3n) is 5.19. The zero-order chi connectivity index (χ0) is 19.5. The molecule has 0 radical (unpaired) electrons. The van der Waals surface area contributed by atoms with Crippen LogP contribution in [0.15, 0.2) is 23.3 Å². The molecule has 0 spiro atoms. The second kappa shape index (κ2) is 19.2. The Labute approximate surface area is 164 Å². The van der Waals surface area contributed by atoms with Gasteiger partial charge in [-0.05, 0) is 58.8 Å². The molecule has 0 rings (SSSR count). The molecule has 0 amide bonds. The molecule has 0 saturated heterocycles. The summed E-state index contributed by atoms with van der Waals surface area (Å²) in [5.74, 6) is 0. The lowest BCUT2D eigenvalue weighted by Crippen LogP contribution is -2.29. The first-order valence-electron chi connectivity index (χ1n) is 11.4. The summed E-state index contributed by atoms with van der Waals surface area (Å²) in [4.78, 5) is 0. The number of hydrogen-bond acceptors (Lipinski definition) is 2. The molecule has 0 aliphatic carbocycles. The lowest BCUT2D eigenvalue weighted by molar-refractivity contribution is 0.553. The predicted octanol–water partition coefficient (Wildman–Crippen LogP) is 7.38. The van der Waals surface area contributed by atoms with Crippen LogP contribution in [0.5, 0.6) is 0 Å². The molecular weight excluding hydrogens is 316 g/mol. The Balaban J connectivity index is 3.55. The highest BCUT2D eigenvalue weighted by molar-refractivity contribution is 5.02. The molecule has 0 heterocycles. The van der Waals surface area contributed by atoms with Gasteiger partial charge in [0.25, 0.3) is 0 Å². The summed E-state index contributed by atoms with van der Waals surface area (Å²) in [7, 11) is 0. The minimum atomic E-state index is -0.126. The van der Waals surface area contributed by atoms with Gasteiger partial charge in [-0.1, -0.05) is 88.0 Å². The van der Waals surface area contributed by atoms with Crippen molar-refractivity contribution in [2.24, 2.45) is 11.5 Å². The van der Waals surface area contributed by atoms with Crippen LogP contribution >= 0.6 is 0 Å². The van der Waals surface area contributed by atoms with Crippen LogP contribution in [0.2, 0.25) is 0 Å². The molecule has 2 nitrogen and oxygen atoms in total. The first-order chi connectivity index (χ1) is 12.6. The molecule has 26 heavy (non-hydrogen) atoms. The second-order valence-electron chi connectivity index (χ2n) is 8.17. The third kappa shape index (κ3) is 19.7. The van der Waals surface area contributed by atoms with Crippen LogP contribution in [-0.4, -0.2) is 6.17 Å². The fourth-order valence-electron chi connectivity index (χ4n) is 3.36. The smallest absolute Gasteiger partial charge is 0.0520 e. The van der Waals surface area contributed by atoms with E-state index in [0.717, 1.165) is 6.42 Å². The van der Waals surface area contributed by atoms with Crippen molar-refractivity contribution in [2.45, 2.75) is 130 Å². The van der Waals surface area contributed by atoms with E-state index in [1.807, 2.05) is 0 Å². The SMILES string of the molecule is CCCCCCCCCC(C)=CCCC=C(C)CCCCCCC(N)N. The Morgan fingerprint density at radius 3 is 1.54 bits per heavy atom. The lowest BCUT2D eigenvalue weighted by Gasteiger charge is -2.05. The fraction of sp³-hybridized carbons (Fsp3) is 0.833. The van der Waals surface area contributed by atoms with Crippen molar-refractivity contribution in [3.8, 4) is 0 Å². The highest BCUT2D eigenvalue weighted by Crippen LogP contribution is 2.15. The van der Waals surface area contributed by atoms with E-state index in [1.165, 1.54) is 96.3 Å². The maximum Gasteiger partial charge on any atom is 0.0520 e. The summed E-state index contributed by atoms with van der Waals surface area (Å²) < 4.78 is 0. The standard InChI is InChI=1S/C24H48N2/c1-4-5-6-7-8-9-12-17-22(2)19-15-16-20-23(3)18-13-10-11-14-21-24(25)26/h19-20,24H,4-18,21,25-26H2,1-3H3. The summed E-state index contributed by atoms with van der Waals surface area (Å²) in [6.45, 7) is 6.87. The van der Waals surface area contributed by atoms with Crippen LogP contribution in [0.1, 0.15) is 124 Å². The second-order valence-corrected chi connectivity index (χ2v) is 8.17. The Kier molecular flexibility index (Phi) is 18.7. The maximum absolute atomic E-state index is 5.56. The van der Waals surface area contributed by atoms with Gasteiger partial charge in [0.2, 0.25) is 0 Å². The summed E-state index contributed by atoms with van der Waals surface area (Å²) in [6, 6.07) is 0. The molecule has 2 heteroatoms. The topological polar surface area (TPSA) is 52.0 Å². The van der Waals surface area contributed by atoms with Gasteiger partial charge in [0, 0.05) is 0 Å². The maximum atomic E-state index is 5.56. The molecular formula is C24H48N2. The zero-order valence-corrected chi connectivity index (χ0v) is 18.2. The van der Waals surface area contributed by atoms with Gasteiger partial charge in [0.1, 0.15) is 0 Å². The Bertz CT molecular complexity index is 355. The number of allylic oxidation sites excluding steroid dienone is 4. The van der Waals surface area contributed by atoms with Gasteiger partial charge in [-0.15, -0.1) is 0 Å². The van der Waals surface area contributed by atoms with Gasteiger partial charge in [-0.25, -0.2) is 0 Å². The Morgan fingerprint density at radius 2 is 1.08 bits per heavy atom. The number of hydrogen-bond donors (Lipinski definition) is 2. The molecule has 4 N–H and O–H groups in total. The van der Waals surface area contributed by atoms with Gasteiger partial charge in [0.05, 0.1) is 6.17 Å². The largest absolute Gasteiger partial charge is 0.316 e. The number of unbranched alkanes of at least 4 members (excludes halogenated alkanes) is 10. The van der Waals surface area contributed by atoms with Crippen molar-refractivity contribution < 1.29 is 0 Å². The van der Waals surface area contributed by atoms with E-state index in [9.17, 15) is 0 Å². The average molecular weight is 365 g/mol. The van der Waals surface area contributed by atoms with E-state index in [4.69, 9.17) is 11.5 Å². The van der Waals surface area contributed by atoms with Crippen molar-refractivity contribution in [2.75, 3.05) is 0 Å². The average Bonchev–Trinajstić information content (AvgIpc) is 2.60. The molecule has 0 aliphatic rings. The zero-order valence-electron chi connectivity index (χ0n) is 18.2. The minimum absolute atomic E-state index is 0.126. The van der Waals surface area contributed by atoms with Crippen molar-refractivity contribution in [3.63, 3.8) is 0 Å². The quantitative estimate of drug-likeness (QED) is 0.151. The normalized spacial score (nSPS) is 13.0. The first kappa shape index (κ1) is 25.4. The predicted molar refractivity (Wildman–Crippen MR) is 119 cm³/mol. The lowest BCUT2D eigenvalue weighted by atomic mass is 10.0. The molecule has 0 aliphatic heterocycles. The molecule has 154 valence electrons. The number of rotatable bonds is 18. The molecule has 0 aromatic carbocycles. The molecule has 0 saturated carbocycles. The molecule has 0 atom stereocenters. The fourth-order valence-corrected chi connectivity index (χ4v) is 3.36. The monoisotopic (exact) mass is 364 g/mol. The van der Waals surface area contributed by atoms with E-state index >= 15 is 0 Å². The van der Waals surface area contributed by atoms with Crippen LogP contribution in [0.4, 0.5) is 0 Å². The molecule has 0 unspecified atom stereocenters. The van der Waals surface area contributed by atoms with Crippen LogP contribution in [0, 0.1) is 0 Å². The number of nitrogens with two attached hydrogens (primary N) is 2. The summed E-state index contributed by atoms with van der Waals surface area (Å²) in [5, 5.41) is 0. The van der Waals surface area contributed by atoms with Gasteiger partial charge < -0.3 is 11.5 Å². The van der Waals surface area contributed by atoms with Crippen molar-refractivity contribution in [1.29, 1.82) is 0 Å². The van der Waals surface area contributed by atoms with Crippen LogP contribution in [-0.2, 0) is 0 Å². The van der Waals surface area contributed by atoms with Gasteiger partial charge in [0.15, 0.2) is 0 Å². The van der Waals surface area contributed by atoms with Crippen molar-refractivity contribution in [3.05, 3.63) is 23.3 Å². The van der Waals surface area contributed by atoms with E-state index in [0.29, 0.717) is 0 Å². The van der Waals surface area contributed by atoms with Crippen LogP contribution < -0.4 is 11.5 Å². The van der Waals surface area contributed by atoms with Crippen LogP contribution in [0.3, 0.4) is 0 Å². The molecule has 0 fully saturated rings. The Morgan fingerprint density at radius 1 is 0.654 bits per heavy atom. The molecule has 0 aromatic rings. The van der Waals surface area contributed by atoms with Gasteiger partial charge in [-0.3, -0.25) is 0 Å². The van der Waals surface area contributed by atoms with E-state index in [2.05, 4.69) is 32.9 Å². The van der Waals surface area contributed by atoms with E-state index in [1.54, 1.807) is 11.1 Å². The van der Waals surface area contributed by atoms with Gasteiger partial charge in [-0.2, -0.15) is 0 Å².